The van der Waals surface area contributed by atoms with Crippen LogP contribution in [0.1, 0.15) is 33.6 Å². The van der Waals surface area contributed by atoms with E-state index in [2.05, 4.69) is 0 Å². The van der Waals surface area contributed by atoms with Gasteiger partial charge in [-0.3, -0.25) is 9.59 Å². The van der Waals surface area contributed by atoms with E-state index in [1.54, 1.807) is 13.8 Å². The Bertz CT molecular complexity index is 371. The van der Waals surface area contributed by atoms with Crippen LogP contribution in [-0.2, 0) is 14.4 Å². The van der Waals surface area contributed by atoms with Gasteiger partial charge < -0.3 is 10.0 Å². The van der Waals surface area contributed by atoms with Crippen LogP contribution in [0, 0.1) is 5.92 Å². The van der Waals surface area contributed by atoms with E-state index in [-0.39, 0.29) is 16.9 Å². The fourth-order valence-corrected chi connectivity index (χ4v) is 2.75. The molecule has 0 aromatic heterocycles. The lowest BCUT2D eigenvalue weighted by molar-refractivity contribution is -0.156. The summed E-state index contributed by atoms with van der Waals surface area (Å²) in [5, 5.41) is 9.21. The van der Waals surface area contributed by atoms with Gasteiger partial charge in [-0.15, -0.1) is 0 Å². The predicted molar refractivity (Wildman–Crippen MR) is 69.3 cm³/mol. The molecule has 0 saturated carbocycles. The number of hydrogen-bond acceptors (Lipinski definition) is 4. The van der Waals surface area contributed by atoms with Crippen molar-refractivity contribution in [3.8, 4) is 0 Å². The second kappa shape index (κ2) is 5.73. The summed E-state index contributed by atoms with van der Waals surface area (Å²) < 4.78 is 0. The van der Waals surface area contributed by atoms with Gasteiger partial charge in [0, 0.05) is 25.1 Å². The van der Waals surface area contributed by atoms with Crippen LogP contribution < -0.4 is 0 Å². The molecule has 6 heteroatoms. The van der Waals surface area contributed by atoms with Gasteiger partial charge in [-0.05, 0) is 19.8 Å². The normalized spacial score (nSPS) is 24.9. The Balaban J connectivity index is 2.71. The third-order valence-electron chi connectivity index (χ3n) is 3.33. The number of aliphatic carboxylic acids is 1. The molecular weight excluding hydrogens is 254 g/mol. The molecule has 102 valence electrons. The maximum absolute atomic E-state index is 12.2. The van der Waals surface area contributed by atoms with E-state index in [9.17, 15) is 19.5 Å². The van der Waals surface area contributed by atoms with Crippen molar-refractivity contribution in [2.45, 2.75) is 39.2 Å². The number of hydrogen-bond donors (Lipinski definition) is 1. The largest absolute Gasteiger partial charge is 0.480 e. The molecular formula is C12H19NO4S. The standard InChI is InChI=1S/C12H19NO4S/c1-8(7-18-9(2)14)10(15)13-6-4-5-12(13,3)11(16)17/h8H,4-7H2,1-3H3,(H,16,17)/t8?,12-/m0/s1. The lowest BCUT2D eigenvalue weighted by Gasteiger charge is -2.33. The average Bonchev–Trinajstić information content (AvgIpc) is 2.68. The topological polar surface area (TPSA) is 74.7 Å². The van der Waals surface area contributed by atoms with Crippen molar-refractivity contribution in [1.82, 2.24) is 4.90 Å². The van der Waals surface area contributed by atoms with Crippen molar-refractivity contribution in [3.05, 3.63) is 0 Å². The minimum Gasteiger partial charge on any atom is -0.480 e. The van der Waals surface area contributed by atoms with Crippen LogP contribution in [0.2, 0.25) is 0 Å². The molecule has 1 amide bonds. The first-order valence-corrected chi connectivity index (χ1v) is 6.96. The number of carboxylic acids is 1. The molecule has 18 heavy (non-hydrogen) atoms. The summed E-state index contributed by atoms with van der Waals surface area (Å²) in [4.78, 5) is 35.8. The lowest BCUT2D eigenvalue weighted by atomic mass is 9.98. The second-order valence-corrected chi connectivity index (χ2v) is 6.07. The number of carboxylic acid groups (broad SMARTS) is 1. The maximum atomic E-state index is 12.2. The second-order valence-electron chi connectivity index (χ2n) is 4.88. The van der Waals surface area contributed by atoms with Crippen LogP contribution in [0.4, 0.5) is 0 Å². The van der Waals surface area contributed by atoms with Gasteiger partial charge in [0.15, 0.2) is 5.12 Å². The van der Waals surface area contributed by atoms with Crippen LogP contribution in [0.3, 0.4) is 0 Å². The van der Waals surface area contributed by atoms with Crippen molar-refractivity contribution in [1.29, 1.82) is 0 Å². The van der Waals surface area contributed by atoms with Crippen molar-refractivity contribution >= 4 is 28.8 Å². The summed E-state index contributed by atoms with van der Waals surface area (Å²) in [6.45, 7) is 5.26. The summed E-state index contributed by atoms with van der Waals surface area (Å²) in [5.41, 5.74) is -1.09. The molecule has 0 bridgehead atoms. The Morgan fingerprint density at radius 3 is 2.56 bits per heavy atom. The summed E-state index contributed by atoms with van der Waals surface area (Å²) in [5.74, 6) is -1.07. The van der Waals surface area contributed by atoms with E-state index in [0.29, 0.717) is 25.1 Å². The first-order valence-electron chi connectivity index (χ1n) is 5.97. The zero-order chi connectivity index (χ0) is 13.9. The smallest absolute Gasteiger partial charge is 0.329 e. The minimum absolute atomic E-state index is 0.0305. The van der Waals surface area contributed by atoms with E-state index in [4.69, 9.17) is 0 Å². The number of carbonyl (C=O) groups is 3. The molecule has 0 aromatic carbocycles. The van der Waals surface area contributed by atoms with Crippen LogP contribution in [0.15, 0.2) is 0 Å². The highest BCUT2D eigenvalue weighted by Crippen LogP contribution is 2.31. The third-order valence-corrected chi connectivity index (χ3v) is 4.40. The molecule has 0 aromatic rings. The molecule has 1 N–H and O–H groups in total. The average molecular weight is 273 g/mol. The van der Waals surface area contributed by atoms with Gasteiger partial charge >= 0.3 is 5.97 Å². The fraction of sp³-hybridized carbons (Fsp3) is 0.750. The van der Waals surface area contributed by atoms with Crippen LogP contribution in [0.5, 0.6) is 0 Å². The minimum atomic E-state index is -1.09. The van der Waals surface area contributed by atoms with Crippen LogP contribution in [0.25, 0.3) is 0 Å². The third kappa shape index (κ3) is 3.04. The first kappa shape index (κ1) is 15.0. The Morgan fingerprint density at radius 2 is 2.06 bits per heavy atom. The monoisotopic (exact) mass is 273 g/mol. The Kier molecular flexibility index (Phi) is 4.78. The molecule has 0 spiro atoms. The number of likely N-dealkylation sites (tertiary alicyclic amines) is 1. The van der Waals surface area contributed by atoms with Gasteiger partial charge in [0.2, 0.25) is 5.91 Å². The highest BCUT2D eigenvalue weighted by Gasteiger charge is 2.46. The van der Waals surface area contributed by atoms with Gasteiger partial charge in [0.25, 0.3) is 0 Å². The van der Waals surface area contributed by atoms with E-state index in [1.165, 1.54) is 11.8 Å². The summed E-state index contributed by atoms with van der Waals surface area (Å²) in [6.07, 6.45) is 1.20. The molecule has 2 atom stereocenters. The van der Waals surface area contributed by atoms with Crippen LogP contribution in [-0.4, -0.2) is 44.8 Å². The molecule has 5 nitrogen and oxygen atoms in total. The van der Waals surface area contributed by atoms with Gasteiger partial charge in [0.1, 0.15) is 5.54 Å². The number of nitrogens with zero attached hydrogens (tertiary/aromatic N) is 1. The van der Waals surface area contributed by atoms with Crippen molar-refractivity contribution in [2.24, 2.45) is 5.92 Å². The maximum Gasteiger partial charge on any atom is 0.329 e. The Morgan fingerprint density at radius 1 is 1.44 bits per heavy atom. The zero-order valence-electron chi connectivity index (χ0n) is 10.9. The van der Waals surface area contributed by atoms with E-state index < -0.39 is 11.5 Å². The number of thioether (sulfide) groups is 1. The molecule has 1 aliphatic rings. The SMILES string of the molecule is CC(=O)SCC(C)C(=O)N1CCC[C@@]1(C)C(=O)O. The van der Waals surface area contributed by atoms with Gasteiger partial charge in [-0.2, -0.15) is 0 Å². The quantitative estimate of drug-likeness (QED) is 0.837. The van der Waals surface area contributed by atoms with Crippen molar-refractivity contribution < 1.29 is 19.5 Å². The van der Waals surface area contributed by atoms with E-state index in [1.807, 2.05) is 0 Å². The lowest BCUT2D eigenvalue weighted by Crippen LogP contribution is -2.52. The summed E-state index contributed by atoms with van der Waals surface area (Å²) >= 11 is 1.10. The van der Waals surface area contributed by atoms with E-state index >= 15 is 0 Å². The molecule has 1 heterocycles. The highest BCUT2D eigenvalue weighted by atomic mass is 32.2. The van der Waals surface area contributed by atoms with Gasteiger partial charge in [-0.25, -0.2) is 4.79 Å². The molecule has 0 radical (unpaired) electrons. The number of amides is 1. The fourth-order valence-electron chi connectivity index (χ4n) is 2.12. The Hall–Kier alpha value is -1.04. The van der Waals surface area contributed by atoms with Gasteiger partial charge in [-0.1, -0.05) is 18.7 Å². The summed E-state index contributed by atoms with van der Waals surface area (Å²) in [6, 6.07) is 0. The molecule has 1 unspecified atom stereocenters. The predicted octanol–water partition coefficient (Wildman–Crippen LogP) is 1.37. The molecule has 1 rings (SSSR count). The van der Waals surface area contributed by atoms with Crippen LogP contribution >= 0.6 is 11.8 Å². The van der Waals surface area contributed by atoms with Gasteiger partial charge in [0.05, 0.1) is 0 Å². The Labute approximate surface area is 111 Å². The summed E-state index contributed by atoms with van der Waals surface area (Å²) in [7, 11) is 0. The van der Waals surface area contributed by atoms with Crippen molar-refractivity contribution in [2.75, 3.05) is 12.3 Å². The number of carbonyl (C=O) groups excluding carboxylic acids is 2. The highest BCUT2D eigenvalue weighted by molar-refractivity contribution is 8.13. The van der Waals surface area contributed by atoms with Crippen molar-refractivity contribution in [3.63, 3.8) is 0 Å². The van der Waals surface area contributed by atoms with E-state index in [0.717, 1.165) is 11.8 Å². The zero-order valence-corrected chi connectivity index (χ0v) is 11.7. The molecule has 0 aliphatic carbocycles. The molecule has 1 saturated heterocycles. The molecule has 1 aliphatic heterocycles. The number of rotatable bonds is 4. The molecule has 1 fully saturated rings. The first-order chi connectivity index (χ1) is 8.29.